The second-order valence-electron chi connectivity index (χ2n) is 4.31. The predicted molar refractivity (Wildman–Crippen MR) is 81.5 cm³/mol. The lowest BCUT2D eigenvalue weighted by Crippen LogP contribution is -2.06. The number of thioether (sulfide) groups is 1. The van der Waals surface area contributed by atoms with E-state index < -0.39 is 5.97 Å². The normalized spacial score (nSPS) is 10.7. The molecule has 2 aromatic heterocycles. The lowest BCUT2D eigenvalue weighted by molar-refractivity contribution is 0.0690. The molecular formula is C15H11N3O2S. The van der Waals surface area contributed by atoms with Gasteiger partial charge in [0.25, 0.3) is 0 Å². The van der Waals surface area contributed by atoms with Crippen LogP contribution in [0.25, 0.3) is 22.2 Å². The van der Waals surface area contributed by atoms with Crippen LogP contribution in [0.5, 0.6) is 0 Å². The summed E-state index contributed by atoms with van der Waals surface area (Å²) < 4.78 is 0. The molecule has 0 atom stereocenters. The molecule has 5 nitrogen and oxygen atoms in total. The van der Waals surface area contributed by atoms with Gasteiger partial charge in [-0.15, -0.1) is 0 Å². The van der Waals surface area contributed by atoms with Gasteiger partial charge in [-0.3, -0.25) is 0 Å². The first-order valence-corrected chi connectivity index (χ1v) is 7.42. The van der Waals surface area contributed by atoms with Gasteiger partial charge in [0, 0.05) is 11.6 Å². The lowest BCUT2D eigenvalue weighted by Gasteiger charge is -2.07. The van der Waals surface area contributed by atoms with Crippen molar-refractivity contribution in [3.05, 3.63) is 48.3 Å². The van der Waals surface area contributed by atoms with Crippen molar-refractivity contribution >= 4 is 28.6 Å². The monoisotopic (exact) mass is 297 g/mol. The molecule has 1 N–H and O–H groups in total. The van der Waals surface area contributed by atoms with E-state index in [0.717, 1.165) is 10.9 Å². The number of carbonyl (C=O) groups is 1. The van der Waals surface area contributed by atoms with Crippen LogP contribution in [0.4, 0.5) is 0 Å². The predicted octanol–water partition coefficient (Wildman–Crippen LogP) is 3.11. The molecule has 0 aliphatic carbocycles. The van der Waals surface area contributed by atoms with E-state index in [-0.39, 0.29) is 5.69 Å². The lowest BCUT2D eigenvalue weighted by atomic mass is 10.1. The van der Waals surface area contributed by atoms with Crippen LogP contribution in [0.3, 0.4) is 0 Å². The van der Waals surface area contributed by atoms with E-state index in [0.29, 0.717) is 16.4 Å². The number of aromatic carboxylic acids is 1. The number of pyridine rings is 1. The number of hydrogen-bond acceptors (Lipinski definition) is 5. The van der Waals surface area contributed by atoms with E-state index in [2.05, 4.69) is 15.0 Å². The van der Waals surface area contributed by atoms with E-state index in [4.69, 9.17) is 0 Å². The number of fused-ring (bicyclic) bond motifs is 1. The highest BCUT2D eigenvalue weighted by Crippen LogP contribution is 2.24. The fourth-order valence-electron chi connectivity index (χ4n) is 2.03. The molecule has 3 rings (SSSR count). The fraction of sp³-hybridized carbons (Fsp3) is 0.0667. The number of hydrogen-bond donors (Lipinski definition) is 1. The summed E-state index contributed by atoms with van der Waals surface area (Å²) in [7, 11) is 0. The number of aromatic nitrogens is 3. The maximum absolute atomic E-state index is 11.4. The molecule has 0 spiro atoms. The van der Waals surface area contributed by atoms with Crippen LogP contribution in [-0.4, -0.2) is 32.3 Å². The largest absolute Gasteiger partial charge is 0.476 e. The zero-order valence-electron chi connectivity index (χ0n) is 11.1. The van der Waals surface area contributed by atoms with Crippen molar-refractivity contribution < 1.29 is 9.90 Å². The van der Waals surface area contributed by atoms with Crippen molar-refractivity contribution in [3.63, 3.8) is 0 Å². The molecule has 2 heterocycles. The third kappa shape index (κ3) is 2.57. The van der Waals surface area contributed by atoms with Gasteiger partial charge >= 0.3 is 5.97 Å². The van der Waals surface area contributed by atoms with Crippen molar-refractivity contribution in [1.29, 1.82) is 0 Å². The maximum atomic E-state index is 11.4. The van der Waals surface area contributed by atoms with E-state index >= 15 is 0 Å². The first-order chi connectivity index (χ1) is 10.2. The Morgan fingerprint density at radius 2 is 1.95 bits per heavy atom. The molecule has 0 fully saturated rings. The molecule has 6 heteroatoms. The zero-order valence-corrected chi connectivity index (χ0v) is 12.0. The van der Waals surface area contributed by atoms with E-state index in [1.807, 2.05) is 30.3 Å². The number of nitrogens with zero attached hydrogens (tertiary/aromatic N) is 3. The first-order valence-electron chi connectivity index (χ1n) is 6.19. The van der Waals surface area contributed by atoms with E-state index in [9.17, 15) is 9.90 Å². The number of carboxylic acid groups (broad SMARTS) is 1. The Morgan fingerprint density at radius 1 is 1.14 bits per heavy atom. The van der Waals surface area contributed by atoms with Crippen LogP contribution < -0.4 is 0 Å². The maximum Gasteiger partial charge on any atom is 0.355 e. The van der Waals surface area contributed by atoms with Crippen molar-refractivity contribution in [3.8, 4) is 11.3 Å². The van der Waals surface area contributed by atoms with Gasteiger partial charge in [0.05, 0.1) is 16.8 Å². The first kappa shape index (κ1) is 13.5. The minimum Gasteiger partial charge on any atom is -0.476 e. The van der Waals surface area contributed by atoms with Gasteiger partial charge in [-0.05, 0) is 18.4 Å². The van der Waals surface area contributed by atoms with E-state index in [1.165, 1.54) is 18.0 Å². The van der Waals surface area contributed by atoms with Crippen LogP contribution >= 0.6 is 11.8 Å². The molecule has 0 bridgehead atoms. The summed E-state index contributed by atoms with van der Waals surface area (Å²) in [5.74, 6) is -1.09. The second kappa shape index (κ2) is 5.49. The van der Waals surface area contributed by atoms with Crippen molar-refractivity contribution in [2.75, 3.05) is 6.26 Å². The summed E-state index contributed by atoms with van der Waals surface area (Å²) >= 11 is 1.30. The van der Waals surface area contributed by atoms with Gasteiger partial charge < -0.3 is 5.11 Å². The molecule has 0 aliphatic heterocycles. The van der Waals surface area contributed by atoms with Crippen LogP contribution in [0, 0.1) is 0 Å². The number of rotatable bonds is 3. The van der Waals surface area contributed by atoms with Crippen molar-refractivity contribution in [1.82, 2.24) is 15.0 Å². The van der Waals surface area contributed by atoms with Gasteiger partial charge in [-0.1, -0.05) is 36.0 Å². The summed E-state index contributed by atoms with van der Waals surface area (Å²) in [6, 6.07) is 11.4. The summed E-state index contributed by atoms with van der Waals surface area (Å²) in [6.45, 7) is 0. The Hall–Kier alpha value is -2.47. The SMILES string of the molecule is CSc1ncc(-c2ccc3ccccc3n2)c(C(=O)O)n1. The summed E-state index contributed by atoms with van der Waals surface area (Å²) in [4.78, 5) is 24.1. The Labute approximate surface area is 125 Å². The molecule has 0 saturated carbocycles. The molecule has 0 unspecified atom stereocenters. The van der Waals surface area contributed by atoms with Crippen LogP contribution in [0.15, 0.2) is 47.8 Å². The van der Waals surface area contributed by atoms with Crippen molar-refractivity contribution in [2.24, 2.45) is 0 Å². The molecule has 0 aliphatic rings. The molecular weight excluding hydrogens is 286 g/mol. The smallest absolute Gasteiger partial charge is 0.355 e. The third-order valence-electron chi connectivity index (χ3n) is 3.03. The number of para-hydroxylation sites is 1. The number of benzene rings is 1. The van der Waals surface area contributed by atoms with Gasteiger partial charge in [0.2, 0.25) is 0 Å². The van der Waals surface area contributed by atoms with Gasteiger partial charge in [-0.25, -0.2) is 19.7 Å². The minimum atomic E-state index is -1.09. The van der Waals surface area contributed by atoms with Gasteiger partial charge in [0.15, 0.2) is 10.9 Å². The topological polar surface area (TPSA) is 76.0 Å². The Kier molecular flexibility index (Phi) is 3.53. The highest BCUT2D eigenvalue weighted by atomic mass is 32.2. The molecule has 104 valence electrons. The Morgan fingerprint density at radius 3 is 2.71 bits per heavy atom. The average Bonchev–Trinajstić information content (AvgIpc) is 2.53. The van der Waals surface area contributed by atoms with Crippen LogP contribution in [0.1, 0.15) is 10.5 Å². The second-order valence-corrected chi connectivity index (χ2v) is 5.09. The molecule has 21 heavy (non-hydrogen) atoms. The highest BCUT2D eigenvalue weighted by molar-refractivity contribution is 7.98. The minimum absolute atomic E-state index is 0.0304. The summed E-state index contributed by atoms with van der Waals surface area (Å²) in [5, 5.41) is 10.8. The Balaban J connectivity index is 2.19. The standard InChI is InChI=1S/C15H11N3O2S/c1-21-15-16-8-10(13(18-15)14(19)20)12-7-6-9-4-2-3-5-11(9)17-12/h2-8H,1H3,(H,19,20). The molecule has 0 radical (unpaired) electrons. The van der Waals surface area contributed by atoms with Gasteiger partial charge in [0.1, 0.15) is 0 Å². The average molecular weight is 297 g/mol. The van der Waals surface area contributed by atoms with Crippen LogP contribution in [0.2, 0.25) is 0 Å². The molecule has 1 aromatic carbocycles. The summed E-state index contributed by atoms with van der Waals surface area (Å²) in [6.07, 6.45) is 3.31. The molecule has 3 aromatic rings. The quantitative estimate of drug-likeness (QED) is 0.591. The number of carboxylic acids is 1. The molecule has 0 saturated heterocycles. The summed E-state index contributed by atoms with van der Waals surface area (Å²) in [5.41, 5.74) is 1.75. The third-order valence-corrected chi connectivity index (χ3v) is 3.59. The highest BCUT2D eigenvalue weighted by Gasteiger charge is 2.16. The van der Waals surface area contributed by atoms with Crippen LogP contribution in [-0.2, 0) is 0 Å². The van der Waals surface area contributed by atoms with E-state index in [1.54, 1.807) is 12.3 Å². The van der Waals surface area contributed by atoms with Gasteiger partial charge in [-0.2, -0.15) is 0 Å². The zero-order chi connectivity index (χ0) is 14.8. The van der Waals surface area contributed by atoms with Crippen molar-refractivity contribution in [2.45, 2.75) is 5.16 Å². The molecule has 0 amide bonds. The Bertz CT molecular complexity index is 836. The fourth-order valence-corrected chi connectivity index (χ4v) is 2.37.